The van der Waals surface area contributed by atoms with Gasteiger partial charge in [0.2, 0.25) is 0 Å². The number of ether oxygens (including phenoxy) is 1. The molecule has 1 atom stereocenters. The zero-order valence-electron chi connectivity index (χ0n) is 11.3. The molecule has 2 aromatic rings. The van der Waals surface area contributed by atoms with Gasteiger partial charge in [0.15, 0.2) is 5.82 Å². The van der Waals surface area contributed by atoms with Crippen molar-refractivity contribution in [3.63, 3.8) is 0 Å². The first-order chi connectivity index (χ1) is 10.7. The predicted molar refractivity (Wildman–Crippen MR) is 75.2 cm³/mol. The number of benzene rings is 1. The summed E-state index contributed by atoms with van der Waals surface area (Å²) in [7, 11) is 0. The molecule has 8 nitrogen and oxygen atoms in total. The maximum atomic E-state index is 14.2. The summed E-state index contributed by atoms with van der Waals surface area (Å²) in [4.78, 5) is 15.7. The van der Waals surface area contributed by atoms with Crippen molar-refractivity contribution < 1.29 is 13.9 Å². The van der Waals surface area contributed by atoms with Crippen LogP contribution in [0.3, 0.4) is 0 Å². The number of aromatic nitrogens is 2. The van der Waals surface area contributed by atoms with Crippen molar-refractivity contribution in [1.82, 2.24) is 9.78 Å². The van der Waals surface area contributed by atoms with E-state index in [2.05, 4.69) is 15.1 Å². The molecule has 112 valence electrons. The summed E-state index contributed by atoms with van der Waals surface area (Å²) in [6.07, 6.45) is 2.05. The number of carbonyl (C=O) groups excluding carboxylic acids is 1. The quantitative estimate of drug-likeness (QED) is 0.493. The molecule has 1 aromatic heterocycles. The smallest absolute Gasteiger partial charge is 0.414 e. The lowest BCUT2D eigenvalue weighted by Crippen LogP contribution is -2.25. The largest absolute Gasteiger partial charge is 0.444 e. The van der Waals surface area contributed by atoms with Crippen molar-refractivity contribution in [3.05, 3.63) is 52.9 Å². The highest BCUT2D eigenvalue weighted by atomic mass is 19.1. The molecular weight excluding hydrogens is 291 g/mol. The average Bonchev–Trinajstić information content (AvgIpc) is 3.14. The second-order valence-corrected chi connectivity index (χ2v) is 4.62. The molecule has 0 saturated carbocycles. The van der Waals surface area contributed by atoms with Gasteiger partial charge < -0.3 is 4.74 Å². The summed E-state index contributed by atoms with van der Waals surface area (Å²) in [5.74, 6) is -0.507. The van der Waals surface area contributed by atoms with Crippen molar-refractivity contribution in [2.24, 2.45) is 5.11 Å². The summed E-state index contributed by atoms with van der Waals surface area (Å²) >= 11 is 0. The van der Waals surface area contributed by atoms with Crippen LogP contribution in [0.15, 0.2) is 41.8 Å². The molecule has 0 radical (unpaired) electrons. The number of nitrogens with zero attached hydrogens (tertiary/aromatic N) is 6. The number of halogens is 1. The molecule has 1 amide bonds. The van der Waals surface area contributed by atoms with Gasteiger partial charge >= 0.3 is 6.09 Å². The molecule has 1 aliphatic rings. The summed E-state index contributed by atoms with van der Waals surface area (Å²) in [5.41, 5.74) is 8.94. The number of azide groups is 1. The number of hydrogen-bond donors (Lipinski definition) is 0. The fourth-order valence-electron chi connectivity index (χ4n) is 2.22. The zero-order valence-corrected chi connectivity index (χ0v) is 11.3. The summed E-state index contributed by atoms with van der Waals surface area (Å²) in [6, 6.07) is 6.07. The second-order valence-electron chi connectivity index (χ2n) is 4.62. The van der Waals surface area contributed by atoms with Crippen LogP contribution in [0.1, 0.15) is 0 Å². The molecule has 1 unspecified atom stereocenters. The SMILES string of the molecule is [N-]=[N+]=NCC1CN(c2ccc(-n3cccn3)c(F)c2)C(=O)O1. The van der Waals surface area contributed by atoms with Gasteiger partial charge in [0, 0.05) is 17.3 Å². The van der Waals surface area contributed by atoms with Crippen molar-refractivity contribution in [2.75, 3.05) is 18.0 Å². The highest BCUT2D eigenvalue weighted by Crippen LogP contribution is 2.25. The van der Waals surface area contributed by atoms with Crippen molar-refractivity contribution in [1.29, 1.82) is 0 Å². The Balaban J connectivity index is 1.82. The van der Waals surface area contributed by atoms with Crippen LogP contribution in [0.2, 0.25) is 0 Å². The Morgan fingerprint density at radius 2 is 2.41 bits per heavy atom. The molecule has 9 heteroatoms. The highest BCUT2D eigenvalue weighted by molar-refractivity contribution is 5.89. The first-order valence-electron chi connectivity index (χ1n) is 6.47. The number of carbonyl (C=O) groups is 1. The monoisotopic (exact) mass is 302 g/mol. The van der Waals surface area contributed by atoms with E-state index < -0.39 is 18.0 Å². The molecule has 1 aliphatic heterocycles. The first kappa shape index (κ1) is 13.9. The number of cyclic esters (lactones) is 1. The maximum Gasteiger partial charge on any atom is 0.414 e. The van der Waals surface area contributed by atoms with E-state index in [0.717, 1.165) is 0 Å². The van der Waals surface area contributed by atoms with E-state index in [0.29, 0.717) is 5.69 Å². The fourth-order valence-corrected chi connectivity index (χ4v) is 2.22. The van der Waals surface area contributed by atoms with Crippen LogP contribution >= 0.6 is 0 Å². The molecular formula is C13H11FN6O2. The minimum Gasteiger partial charge on any atom is -0.444 e. The minimum atomic E-state index is -0.593. The van der Waals surface area contributed by atoms with Crippen molar-refractivity contribution >= 4 is 11.8 Å². The molecule has 1 aromatic carbocycles. The normalized spacial score (nSPS) is 17.2. The van der Waals surface area contributed by atoms with Gasteiger partial charge in [-0.2, -0.15) is 5.10 Å². The van der Waals surface area contributed by atoms with Gasteiger partial charge in [-0.25, -0.2) is 13.9 Å². The second kappa shape index (κ2) is 5.74. The molecule has 2 heterocycles. The Morgan fingerprint density at radius 3 is 3.09 bits per heavy atom. The van der Waals surface area contributed by atoms with Gasteiger partial charge in [-0.15, -0.1) is 0 Å². The van der Waals surface area contributed by atoms with Crippen LogP contribution < -0.4 is 4.90 Å². The average molecular weight is 302 g/mol. The van der Waals surface area contributed by atoms with Gasteiger partial charge in [-0.3, -0.25) is 4.90 Å². The van der Waals surface area contributed by atoms with Crippen molar-refractivity contribution in [2.45, 2.75) is 6.10 Å². The molecule has 3 rings (SSSR count). The van der Waals surface area contributed by atoms with E-state index >= 15 is 0 Å². The van der Waals surface area contributed by atoms with Crippen LogP contribution in [0.5, 0.6) is 0 Å². The lowest BCUT2D eigenvalue weighted by molar-refractivity contribution is 0.145. The zero-order chi connectivity index (χ0) is 15.5. The molecule has 0 spiro atoms. The number of rotatable bonds is 4. The molecule has 1 saturated heterocycles. The predicted octanol–water partition coefficient (Wildman–Crippen LogP) is 2.65. The van der Waals surface area contributed by atoms with Crippen LogP contribution in [0.25, 0.3) is 16.1 Å². The Morgan fingerprint density at radius 1 is 1.55 bits per heavy atom. The van der Waals surface area contributed by atoms with Crippen LogP contribution in [0.4, 0.5) is 14.9 Å². The van der Waals surface area contributed by atoms with E-state index in [1.54, 1.807) is 24.5 Å². The van der Waals surface area contributed by atoms with Gasteiger partial charge in [0.1, 0.15) is 11.8 Å². The van der Waals surface area contributed by atoms with Crippen LogP contribution in [-0.2, 0) is 4.74 Å². The lowest BCUT2D eigenvalue weighted by atomic mass is 10.2. The Hall–Kier alpha value is -3.06. The topological polar surface area (TPSA) is 96.1 Å². The Bertz CT molecular complexity index is 741. The van der Waals surface area contributed by atoms with Gasteiger partial charge in [0.25, 0.3) is 0 Å². The number of hydrogen-bond acceptors (Lipinski definition) is 4. The minimum absolute atomic E-state index is 0.0482. The van der Waals surface area contributed by atoms with E-state index in [1.807, 2.05) is 0 Å². The summed E-state index contributed by atoms with van der Waals surface area (Å²) in [5, 5.41) is 7.33. The third kappa shape index (κ3) is 2.57. The van der Waals surface area contributed by atoms with E-state index in [-0.39, 0.29) is 18.8 Å². The van der Waals surface area contributed by atoms with Gasteiger partial charge in [-0.05, 0) is 29.8 Å². The fraction of sp³-hybridized carbons (Fsp3) is 0.231. The number of anilines is 1. The highest BCUT2D eigenvalue weighted by Gasteiger charge is 2.32. The summed E-state index contributed by atoms with van der Waals surface area (Å²) in [6.45, 7) is 0.255. The maximum absolute atomic E-state index is 14.2. The van der Waals surface area contributed by atoms with Gasteiger partial charge in [-0.1, -0.05) is 5.11 Å². The molecule has 0 bridgehead atoms. The molecule has 0 aliphatic carbocycles. The van der Waals surface area contributed by atoms with Crippen molar-refractivity contribution in [3.8, 4) is 5.69 Å². The van der Waals surface area contributed by atoms with E-state index in [1.165, 1.54) is 21.7 Å². The Kier molecular flexibility index (Phi) is 3.63. The lowest BCUT2D eigenvalue weighted by Gasteiger charge is -2.14. The standard InChI is InChI=1S/C13H11FN6O2/c14-11-6-9(2-3-12(11)20-5-1-4-17-20)19-8-10(7-16-18-15)22-13(19)21/h1-6,10H,7-8H2. The summed E-state index contributed by atoms with van der Waals surface area (Å²) < 4.78 is 20.6. The number of amides is 1. The van der Waals surface area contributed by atoms with Crippen LogP contribution in [-0.4, -0.2) is 35.1 Å². The third-order valence-electron chi connectivity index (χ3n) is 3.22. The van der Waals surface area contributed by atoms with Gasteiger partial charge in [0.05, 0.1) is 18.8 Å². The molecule has 0 N–H and O–H groups in total. The molecule has 22 heavy (non-hydrogen) atoms. The first-order valence-corrected chi connectivity index (χ1v) is 6.47. The van der Waals surface area contributed by atoms with E-state index in [9.17, 15) is 9.18 Å². The van der Waals surface area contributed by atoms with E-state index in [4.69, 9.17) is 10.3 Å². The Labute approximate surface area is 124 Å². The third-order valence-corrected chi connectivity index (χ3v) is 3.22. The van der Waals surface area contributed by atoms with Crippen LogP contribution in [0, 0.1) is 5.82 Å². The molecule has 1 fully saturated rings.